The maximum Gasteiger partial charge on any atom is 0.183 e. The highest BCUT2D eigenvalue weighted by atomic mass is 35.5. The SMILES string of the molecule is O[C@@H]1[C@@H](O)[C@@H](O)O[C@H](COCc2ccccc2)[C@@H]1Cl. The molecule has 0 radical (unpaired) electrons. The summed E-state index contributed by atoms with van der Waals surface area (Å²) in [6, 6.07) is 9.57. The number of hydrogen-bond donors (Lipinski definition) is 3. The quantitative estimate of drug-likeness (QED) is 0.692. The monoisotopic (exact) mass is 288 g/mol. The van der Waals surface area contributed by atoms with Gasteiger partial charge in [-0.2, -0.15) is 0 Å². The summed E-state index contributed by atoms with van der Waals surface area (Å²) in [5.74, 6) is 0. The first-order chi connectivity index (χ1) is 9.09. The average Bonchev–Trinajstić information content (AvgIpc) is 2.43. The highest BCUT2D eigenvalue weighted by Gasteiger charge is 2.42. The summed E-state index contributed by atoms with van der Waals surface area (Å²) in [6.45, 7) is 0.517. The van der Waals surface area contributed by atoms with E-state index in [4.69, 9.17) is 21.1 Å². The van der Waals surface area contributed by atoms with Crippen LogP contribution in [-0.2, 0) is 16.1 Å². The molecule has 0 bridgehead atoms. The third-order valence-corrected chi connectivity index (χ3v) is 3.57. The number of rotatable bonds is 4. The Morgan fingerprint density at radius 1 is 1.11 bits per heavy atom. The molecule has 0 amide bonds. The Kier molecular flexibility index (Phi) is 5.15. The zero-order chi connectivity index (χ0) is 13.8. The van der Waals surface area contributed by atoms with Gasteiger partial charge >= 0.3 is 0 Å². The first-order valence-electron chi connectivity index (χ1n) is 6.05. The summed E-state index contributed by atoms with van der Waals surface area (Å²) in [5.41, 5.74) is 1.01. The van der Waals surface area contributed by atoms with Crippen molar-refractivity contribution in [3.8, 4) is 0 Å². The Balaban J connectivity index is 1.82. The molecule has 5 nitrogen and oxygen atoms in total. The van der Waals surface area contributed by atoms with Crippen LogP contribution in [0.3, 0.4) is 0 Å². The van der Waals surface area contributed by atoms with Crippen molar-refractivity contribution < 1.29 is 24.8 Å². The number of alkyl halides is 1. The van der Waals surface area contributed by atoms with Gasteiger partial charge in [0, 0.05) is 0 Å². The van der Waals surface area contributed by atoms with Gasteiger partial charge in [0.1, 0.15) is 18.3 Å². The van der Waals surface area contributed by atoms with Crippen molar-refractivity contribution in [2.24, 2.45) is 0 Å². The van der Waals surface area contributed by atoms with Gasteiger partial charge in [-0.1, -0.05) is 30.3 Å². The minimum atomic E-state index is -1.45. The lowest BCUT2D eigenvalue weighted by molar-refractivity contribution is -0.252. The molecule has 5 atom stereocenters. The lowest BCUT2D eigenvalue weighted by Gasteiger charge is -2.37. The molecule has 1 fully saturated rings. The molecule has 2 rings (SSSR count). The Morgan fingerprint density at radius 3 is 2.47 bits per heavy atom. The summed E-state index contributed by atoms with van der Waals surface area (Å²) < 4.78 is 10.6. The van der Waals surface area contributed by atoms with Crippen LogP contribution >= 0.6 is 11.6 Å². The van der Waals surface area contributed by atoms with Crippen LogP contribution in [-0.4, -0.2) is 51.9 Å². The highest BCUT2D eigenvalue weighted by molar-refractivity contribution is 6.21. The Hall–Kier alpha value is -0.690. The molecular formula is C13H17ClO5. The average molecular weight is 289 g/mol. The zero-order valence-electron chi connectivity index (χ0n) is 10.2. The van der Waals surface area contributed by atoms with Crippen LogP contribution in [0.4, 0.5) is 0 Å². The van der Waals surface area contributed by atoms with Gasteiger partial charge in [-0.25, -0.2) is 0 Å². The van der Waals surface area contributed by atoms with Crippen molar-refractivity contribution >= 4 is 11.6 Å². The molecule has 0 aromatic heterocycles. The van der Waals surface area contributed by atoms with Crippen molar-refractivity contribution in [3.05, 3.63) is 35.9 Å². The fourth-order valence-electron chi connectivity index (χ4n) is 1.91. The molecule has 3 N–H and O–H groups in total. The van der Waals surface area contributed by atoms with E-state index in [-0.39, 0.29) is 6.61 Å². The molecule has 19 heavy (non-hydrogen) atoms. The number of hydrogen-bond acceptors (Lipinski definition) is 5. The number of aliphatic hydroxyl groups excluding tert-OH is 3. The number of benzene rings is 1. The fraction of sp³-hybridized carbons (Fsp3) is 0.538. The van der Waals surface area contributed by atoms with Gasteiger partial charge in [0.2, 0.25) is 0 Å². The second-order valence-electron chi connectivity index (χ2n) is 4.49. The molecule has 1 aliphatic rings. The smallest absolute Gasteiger partial charge is 0.183 e. The van der Waals surface area contributed by atoms with E-state index in [1.54, 1.807) is 0 Å². The predicted octanol–water partition coefficient (Wildman–Crippen LogP) is 0.250. The lowest BCUT2D eigenvalue weighted by atomic mass is 10.0. The van der Waals surface area contributed by atoms with Gasteiger partial charge in [-0.05, 0) is 5.56 Å². The van der Waals surface area contributed by atoms with Gasteiger partial charge in [-0.3, -0.25) is 0 Å². The summed E-state index contributed by atoms with van der Waals surface area (Å²) in [7, 11) is 0. The van der Waals surface area contributed by atoms with E-state index in [1.165, 1.54) is 0 Å². The van der Waals surface area contributed by atoms with E-state index in [9.17, 15) is 15.3 Å². The molecule has 1 aromatic carbocycles. The maximum atomic E-state index is 9.63. The highest BCUT2D eigenvalue weighted by Crippen LogP contribution is 2.24. The molecule has 0 aliphatic carbocycles. The first-order valence-corrected chi connectivity index (χ1v) is 6.48. The third kappa shape index (κ3) is 3.66. The van der Waals surface area contributed by atoms with E-state index in [0.717, 1.165) is 5.56 Å². The van der Waals surface area contributed by atoms with Gasteiger partial charge in [0.25, 0.3) is 0 Å². The number of ether oxygens (including phenoxy) is 2. The molecule has 1 aliphatic heterocycles. The maximum absolute atomic E-state index is 9.63. The van der Waals surface area contributed by atoms with Crippen molar-refractivity contribution in [3.63, 3.8) is 0 Å². The van der Waals surface area contributed by atoms with Crippen molar-refractivity contribution in [2.75, 3.05) is 6.61 Å². The van der Waals surface area contributed by atoms with Crippen LogP contribution in [0.1, 0.15) is 5.56 Å². The standard InChI is InChI=1S/C13H17ClO5/c14-10-9(19-13(17)12(16)11(10)15)7-18-6-8-4-2-1-3-5-8/h1-5,9-13,15-17H,6-7H2/t9-,10+,11+,12-,13+/m1/s1. The number of halogens is 1. The zero-order valence-corrected chi connectivity index (χ0v) is 11.0. The molecule has 0 saturated carbocycles. The molecule has 1 saturated heterocycles. The van der Waals surface area contributed by atoms with E-state index in [0.29, 0.717) is 6.61 Å². The predicted molar refractivity (Wildman–Crippen MR) is 68.6 cm³/mol. The van der Waals surface area contributed by atoms with E-state index in [1.807, 2.05) is 30.3 Å². The summed E-state index contributed by atoms with van der Waals surface area (Å²) >= 11 is 5.95. The molecule has 1 aromatic rings. The molecule has 106 valence electrons. The summed E-state index contributed by atoms with van der Waals surface area (Å²) in [4.78, 5) is 0. The second-order valence-corrected chi connectivity index (χ2v) is 5.00. The van der Waals surface area contributed by atoms with Crippen LogP contribution < -0.4 is 0 Å². The molecular weight excluding hydrogens is 272 g/mol. The topological polar surface area (TPSA) is 79.2 Å². The Bertz CT molecular complexity index is 388. The minimum absolute atomic E-state index is 0.129. The van der Waals surface area contributed by atoms with Crippen molar-refractivity contribution in [2.45, 2.75) is 36.6 Å². The van der Waals surface area contributed by atoms with Crippen molar-refractivity contribution in [1.29, 1.82) is 0 Å². The van der Waals surface area contributed by atoms with Crippen LogP contribution in [0, 0.1) is 0 Å². The molecule has 1 heterocycles. The van der Waals surface area contributed by atoms with Gasteiger partial charge in [0.05, 0.1) is 18.6 Å². The number of aliphatic hydroxyl groups is 3. The minimum Gasteiger partial charge on any atom is -0.389 e. The summed E-state index contributed by atoms with van der Waals surface area (Å²) in [5, 5.41) is 27.6. The third-order valence-electron chi connectivity index (χ3n) is 3.03. The van der Waals surface area contributed by atoms with Crippen LogP contribution in [0.25, 0.3) is 0 Å². The molecule has 0 spiro atoms. The van der Waals surface area contributed by atoms with Crippen LogP contribution in [0.15, 0.2) is 30.3 Å². The first kappa shape index (κ1) is 14.7. The normalized spacial score (nSPS) is 35.3. The van der Waals surface area contributed by atoms with E-state index < -0.39 is 30.0 Å². The van der Waals surface area contributed by atoms with Gasteiger partial charge in [0.15, 0.2) is 6.29 Å². The molecule has 0 unspecified atom stereocenters. The van der Waals surface area contributed by atoms with Crippen LogP contribution in [0.5, 0.6) is 0 Å². The fourth-order valence-corrected chi connectivity index (χ4v) is 2.19. The van der Waals surface area contributed by atoms with E-state index >= 15 is 0 Å². The lowest BCUT2D eigenvalue weighted by Crippen LogP contribution is -2.56. The van der Waals surface area contributed by atoms with Crippen LogP contribution in [0.2, 0.25) is 0 Å². The van der Waals surface area contributed by atoms with E-state index in [2.05, 4.69) is 0 Å². The van der Waals surface area contributed by atoms with Gasteiger partial charge in [-0.15, -0.1) is 11.6 Å². The largest absolute Gasteiger partial charge is 0.389 e. The van der Waals surface area contributed by atoms with Gasteiger partial charge < -0.3 is 24.8 Å². The second kappa shape index (κ2) is 6.65. The summed E-state index contributed by atoms with van der Waals surface area (Å²) in [6.07, 6.45) is -4.75. The Labute approximate surface area is 116 Å². The molecule has 6 heteroatoms. The Morgan fingerprint density at radius 2 is 1.79 bits per heavy atom. The van der Waals surface area contributed by atoms with Crippen molar-refractivity contribution in [1.82, 2.24) is 0 Å².